The summed E-state index contributed by atoms with van der Waals surface area (Å²) in [6.07, 6.45) is 2.61. The molecule has 3 saturated carbocycles. The van der Waals surface area contributed by atoms with Gasteiger partial charge in [0, 0.05) is 23.2 Å². The van der Waals surface area contributed by atoms with Crippen LogP contribution >= 0.6 is 0 Å². The first-order valence-corrected chi connectivity index (χ1v) is 14.6. The van der Waals surface area contributed by atoms with Gasteiger partial charge in [0.15, 0.2) is 6.61 Å². The number of carboxylic acids is 1. The molecule has 0 radical (unpaired) electrons. The van der Waals surface area contributed by atoms with Crippen LogP contribution in [0.3, 0.4) is 0 Å². The molecular formula is C31H41BO9. The van der Waals surface area contributed by atoms with E-state index < -0.39 is 54.8 Å². The molecule has 9 atom stereocenters. The van der Waals surface area contributed by atoms with Gasteiger partial charge >= 0.3 is 19.1 Å². The van der Waals surface area contributed by atoms with E-state index in [1.165, 1.54) is 6.07 Å². The first-order chi connectivity index (χ1) is 19.3. The fourth-order valence-electron chi connectivity index (χ4n) is 8.60. The van der Waals surface area contributed by atoms with Crippen molar-refractivity contribution in [2.45, 2.75) is 84.5 Å². The quantitative estimate of drug-likeness (QED) is 0.257. The molecule has 0 amide bonds. The highest BCUT2D eigenvalue weighted by Gasteiger charge is 2.68. The number of rotatable bonds is 7. The van der Waals surface area contributed by atoms with E-state index in [2.05, 4.69) is 27.4 Å². The maximum atomic E-state index is 13.5. The minimum atomic E-state index is -1.29. The molecule has 0 aromatic heterocycles. The summed E-state index contributed by atoms with van der Waals surface area (Å²) in [4.78, 5) is 38.0. The van der Waals surface area contributed by atoms with E-state index in [0.29, 0.717) is 29.6 Å². The van der Waals surface area contributed by atoms with Crippen molar-refractivity contribution in [2.75, 3.05) is 6.61 Å². The van der Waals surface area contributed by atoms with Crippen molar-refractivity contribution < 1.29 is 43.7 Å². The highest BCUT2D eigenvalue weighted by molar-refractivity contribution is 6.61. The summed E-state index contributed by atoms with van der Waals surface area (Å²) in [5.74, 6) is -1.44. The Morgan fingerprint density at radius 2 is 1.98 bits per heavy atom. The van der Waals surface area contributed by atoms with Gasteiger partial charge in [-0.1, -0.05) is 39.8 Å². The molecule has 1 unspecified atom stereocenters. The summed E-state index contributed by atoms with van der Waals surface area (Å²) in [5.41, 5.74) is -0.740. The van der Waals surface area contributed by atoms with E-state index in [9.17, 15) is 24.5 Å². The first kappa shape index (κ1) is 29.8. The number of Topliss-reactive ketones (excluding diaryl/α,β-unsaturated/α-hetero) is 1. The van der Waals surface area contributed by atoms with Crippen LogP contribution in [0.2, 0.25) is 0 Å². The van der Waals surface area contributed by atoms with Crippen LogP contribution in [-0.2, 0) is 23.8 Å². The van der Waals surface area contributed by atoms with Crippen LogP contribution in [0.1, 0.15) is 77.9 Å². The minimum Gasteiger partial charge on any atom is -0.482 e. The highest BCUT2D eigenvalue weighted by atomic mass is 16.6. The average molecular weight is 568 g/mol. The molecule has 1 aromatic rings. The lowest BCUT2D eigenvalue weighted by molar-refractivity contribution is -0.207. The lowest BCUT2D eigenvalue weighted by Gasteiger charge is -2.61. The van der Waals surface area contributed by atoms with E-state index in [4.69, 9.17) is 19.2 Å². The number of carbonyl (C=O) groups is 3. The molecule has 5 rings (SSSR count). The molecule has 10 heteroatoms. The zero-order valence-electron chi connectivity index (χ0n) is 24.3. The molecular weight excluding hydrogens is 527 g/mol. The third kappa shape index (κ3) is 4.72. The monoisotopic (exact) mass is 568 g/mol. The molecule has 1 heterocycles. The highest BCUT2D eigenvalue weighted by Crippen LogP contribution is 2.68. The van der Waals surface area contributed by atoms with Crippen LogP contribution in [0.5, 0.6) is 5.75 Å². The van der Waals surface area contributed by atoms with Crippen LogP contribution in [0, 0.1) is 34.0 Å². The summed E-state index contributed by atoms with van der Waals surface area (Å²) in [6.45, 7) is 11.9. The molecule has 3 fully saturated rings. The standard InChI is InChI=1S/C31H41BO9/c1-6-29(4)15-24(30(5)17(2)9-11-31(18(3)28(29)37)12-10-22(33)27(30)31)40-26(36)16-39-19-7-8-20-21(13-19)32(38)41-23(20)14-25(34)35/h6-8,13,17-18,23-24,27-28,37-38H,1,9-12,14-16H2,2-5H3,(H,34,35)/t17-,18-,23?,24+,27-,28-,29+,30-,31-/m0/s1. The Labute approximate surface area is 241 Å². The molecule has 0 spiro atoms. The number of hydrogen-bond acceptors (Lipinski definition) is 8. The predicted molar refractivity (Wildman–Crippen MR) is 150 cm³/mol. The number of ether oxygens (including phenoxy) is 2. The maximum Gasteiger partial charge on any atom is 0.492 e. The second kappa shape index (κ2) is 10.5. The Hall–Kier alpha value is -2.69. The molecule has 0 saturated heterocycles. The Kier molecular flexibility index (Phi) is 7.66. The largest absolute Gasteiger partial charge is 0.492 e. The number of ketones is 1. The number of aliphatic carboxylic acids is 1. The van der Waals surface area contributed by atoms with E-state index in [-0.39, 0.29) is 35.4 Å². The molecule has 1 aromatic carbocycles. The van der Waals surface area contributed by atoms with E-state index in [1.807, 2.05) is 6.92 Å². The summed E-state index contributed by atoms with van der Waals surface area (Å²) in [7, 11) is -1.29. The van der Waals surface area contributed by atoms with Crippen molar-refractivity contribution in [1.29, 1.82) is 0 Å². The van der Waals surface area contributed by atoms with Crippen molar-refractivity contribution >= 4 is 30.3 Å². The van der Waals surface area contributed by atoms with Gasteiger partial charge in [-0.15, -0.1) is 6.58 Å². The van der Waals surface area contributed by atoms with Crippen molar-refractivity contribution in [3.05, 3.63) is 36.4 Å². The van der Waals surface area contributed by atoms with E-state index in [0.717, 1.165) is 19.3 Å². The number of carboxylic acid groups (broad SMARTS) is 1. The topological polar surface area (TPSA) is 140 Å². The summed E-state index contributed by atoms with van der Waals surface area (Å²) in [5, 5.41) is 31.0. The Bertz CT molecular complexity index is 1250. The third-order valence-corrected chi connectivity index (χ3v) is 11.3. The maximum absolute atomic E-state index is 13.5. The van der Waals surface area contributed by atoms with Crippen LogP contribution in [0.25, 0.3) is 0 Å². The van der Waals surface area contributed by atoms with Gasteiger partial charge in [-0.2, -0.15) is 0 Å². The summed E-state index contributed by atoms with van der Waals surface area (Å²) in [6, 6.07) is 4.76. The van der Waals surface area contributed by atoms with Gasteiger partial charge in [0.25, 0.3) is 0 Å². The number of hydrogen-bond donors (Lipinski definition) is 3. The van der Waals surface area contributed by atoms with Gasteiger partial charge in [0.1, 0.15) is 17.6 Å². The number of aliphatic hydroxyl groups is 1. The van der Waals surface area contributed by atoms with E-state index in [1.54, 1.807) is 18.2 Å². The third-order valence-electron chi connectivity index (χ3n) is 11.3. The van der Waals surface area contributed by atoms with Crippen LogP contribution in [0.15, 0.2) is 30.9 Å². The summed E-state index contributed by atoms with van der Waals surface area (Å²) < 4.78 is 17.3. The van der Waals surface area contributed by atoms with Crippen LogP contribution < -0.4 is 10.2 Å². The lowest BCUT2D eigenvalue weighted by atomic mass is 9.44. The number of fused-ring (bicyclic) bond motifs is 1. The molecule has 4 aliphatic rings. The second-order valence-corrected chi connectivity index (χ2v) is 13.2. The first-order valence-electron chi connectivity index (χ1n) is 14.6. The Balaban J connectivity index is 1.38. The number of aliphatic hydroxyl groups excluding tert-OH is 1. The zero-order chi connectivity index (χ0) is 29.9. The van der Waals surface area contributed by atoms with Crippen molar-refractivity contribution in [3.63, 3.8) is 0 Å². The fourth-order valence-corrected chi connectivity index (χ4v) is 8.60. The second-order valence-electron chi connectivity index (χ2n) is 13.2. The molecule has 222 valence electrons. The molecule has 3 aliphatic carbocycles. The molecule has 3 N–H and O–H groups in total. The number of carbonyl (C=O) groups excluding carboxylic acids is 2. The molecule has 1 aliphatic heterocycles. The van der Waals surface area contributed by atoms with Crippen LogP contribution in [-0.4, -0.2) is 58.9 Å². The minimum absolute atomic E-state index is 0.108. The normalized spacial score (nSPS) is 39.8. The molecule has 9 nitrogen and oxygen atoms in total. The lowest BCUT2D eigenvalue weighted by Crippen LogP contribution is -2.63. The Morgan fingerprint density at radius 3 is 2.66 bits per heavy atom. The van der Waals surface area contributed by atoms with Gasteiger partial charge < -0.3 is 29.4 Å². The van der Waals surface area contributed by atoms with Crippen LogP contribution in [0.4, 0.5) is 0 Å². The van der Waals surface area contributed by atoms with Crippen molar-refractivity contribution in [1.82, 2.24) is 0 Å². The van der Waals surface area contributed by atoms with Gasteiger partial charge in [0.05, 0.1) is 18.6 Å². The van der Waals surface area contributed by atoms with E-state index >= 15 is 0 Å². The summed E-state index contributed by atoms with van der Waals surface area (Å²) >= 11 is 0. The van der Waals surface area contributed by atoms with Gasteiger partial charge in [-0.25, -0.2) is 4.79 Å². The van der Waals surface area contributed by atoms with Crippen molar-refractivity contribution in [2.24, 2.45) is 34.0 Å². The zero-order valence-corrected chi connectivity index (χ0v) is 24.3. The number of benzene rings is 1. The Morgan fingerprint density at radius 1 is 1.24 bits per heavy atom. The fraction of sp³-hybridized carbons (Fsp3) is 0.645. The van der Waals surface area contributed by atoms with Crippen molar-refractivity contribution in [3.8, 4) is 5.75 Å². The number of esters is 1. The van der Waals surface area contributed by atoms with Gasteiger partial charge in [0.2, 0.25) is 0 Å². The average Bonchev–Trinajstić information content (AvgIpc) is 3.44. The molecule has 2 bridgehead atoms. The smallest absolute Gasteiger partial charge is 0.482 e. The predicted octanol–water partition coefficient (Wildman–Crippen LogP) is 3.21. The van der Waals surface area contributed by atoms with Gasteiger partial charge in [-0.05, 0) is 66.1 Å². The van der Waals surface area contributed by atoms with Gasteiger partial charge in [-0.3, -0.25) is 9.59 Å². The molecule has 41 heavy (non-hydrogen) atoms. The SMILES string of the molecule is C=C[C@]1(C)C[C@@H](OC(=O)COc2ccc3c(c2)B(O)OC3CC(=O)O)[C@@]2(C)[C@@H]3C(=O)CC[C@@]3(CC[C@@H]2C)[C@@H](C)[C@@H]1O.